The summed E-state index contributed by atoms with van der Waals surface area (Å²) in [7, 11) is 1.54. The van der Waals surface area contributed by atoms with Crippen LogP contribution in [0.1, 0.15) is 0 Å². The summed E-state index contributed by atoms with van der Waals surface area (Å²) in [6, 6.07) is 4.43. The van der Waals surface area contributed by atoms with E-state index in [1.807, 2.05) is 0 Å². The molecule has 0 fully saturated rings. The standard InChI is InChI=1S/C9H11ClO4S.Na/c1-13-4-5-14-8-3-2-7(10)6-9(8)15(11)12;/h2-3,6H,4-5H2,1H3,(H,11,12);/q;+1/p-1. The van der Waals surface area contributed by atoms with Gasteiger partial charge in [-0.2, -0.15) is 0 Å². The van der Waals surface area contributed by atoms with Crippen LogP contribution < -0.4 is 34.3 Å². The first kappa shape index (κ1) is 16.4. The molecule has 0 amide bonds. The average Bonchev–Trinajstić information content (AvgIpc) is 2.20. The second-order valence-electron chi connectivity index (χ2n) is 2.67. The average molecular weight is 273 g/mol. The Hall–Kier alpha value is 0.380. The van der Waals surface area contributed by atoms with Crippen molar-refractivity contribution in [2.45, 2.75) is 4.90 Å². The van der Waals surface area contributed by atoms with Gasteiger partial charge in [0.1, 0.15) is 12.4 Å². The Balaban J connectivity index is 0.00000225. The number of rotatable bonds is 5. The second-order valence-corrected chi connectivity index (χ2v) is 4.01. The quantitative estimate of drug-likeness (QED) is 0.376. The fraction of sp³-hybridized carbons (Fsp3) is 0.333. The molecule has 0 bridgehead atoms. The molecule has 1 rings (SSSR count). The summed E-state index contributed by atoms with van der Waals surface area (Å²) < 4.78 is 31.7. The Morgan fingerprint density at radius 1 is 1.44 bits per heavy atom. The minimum Gasteiger partial charge on any atom is -0.768 e. The van der Waals surface area contributed by atoms with Gasteiger partial charge in [0.15, 0.2) is 0 Å². The summed E-state index contributed by atoms with van der Waals surface area (Å²) >= 11 is 3.31. The Morgan fingerprint density at radius 3 is 2.69 bits per heavy atom. The van der Waals surface area contributed by atoms with Gasteiger partial charge in [-0.1, -0.05) is 11.6 Å². The normalized spacial score (nSPS) is 11.7. The minimum absolute atomic E-state index is 0. The van der Waals surface area contributed by atoms with E-state index in [4.69, 9.17) is 21.1 Å². The minimum atomic E-state index is -2.36. The van der Waals surface area contributed by atoms with Gasteiger partial charge in [-0.15, -0.1) is 0 Å². The SMILES string of the molecule is COCCOc1ccc(Cl)cc1S(=O)[O-].[Na+]. The van der Waals surface area contributed by atoms with Crippen LogP contribution in [0.15, 0.2) is 23.1 Å². The van der Waals surface area contributed by atoms with E-state index in [9.17, 15) is 8.76 Å². The molecule has 0 saturated carbocycles. The first-order valence-electron chi connectivity index (χ1n) is 4.15. The van der Waals surface area contributed by atoms with Crippen molar-refractivity contribution in [2.75, 3.05) is 20.3 Å². The van der Waals surface area contributed by atoms with Gasteiger partial charge < -0.3 is 14.0 Å². The van der Waals surface area contributed by atoms with Gasteiger partial charge in [0.05, 0.1) is 11.5 Å². The van der Waals surface area contributed by atoms with Gasteiger partial charge in [0.2, 0.25) is 0 Å². The molecule has 84 valence electrons. The summed E-state index contributed by atoms with van der Waals surface area (Å²) in [6.07, 6.45) is 0. The molecule has 1 aromatic carbocycles. The van der Waals surface area contributed by atoms with Crippen LogP contribution in [0.3, 0.4) is 0 Å². The molecule has 4 nitrogen and oxygen atoms in total. The molecular formula is C9H10ClNaO4S. The van der Waals surface area contributed by atoms with Crippen LogP contribution in [-0.4, -0.2) is 29.1 Å². The summed E-state index contributed by atoms with van der Waals surface area (Å²) in [5.74, 6) is 0.282. The molecule has 1 atom stereocenters. The number of halogens is 1. The fourth-order valence-electron chi connectivity index (χ4n) is 0.966. The van der Waals surface area contributed by atoms with Gasteiger partial charge in [-0.05, 0) is 29.3 Å². The van der Waals surface area contributed by atoms with Crippen molar-refractivity contribution in [3.8, 4) is 5.75 Å². The predicted octanol–water partition coefficient (Wildman–Crippen LogP) is -1.39. The molecular weight excluding hydrogens is 263 g/mol. The third kappa shape index (κ3) is 5.14. The Labute approximate surface area is 124 Å². The number of benzene rings is 1. The monoisotopic (exact) mass is 272 g/mol. The van der Waals surface area contributed by atoms with Gasteiger partial charge in [0.25, 0.3) is 0 Å². The first-order valence-corrected chi connectivity index (χ1v) is 5.61. The molecule has 1 unspecified atom stereocenters. The Bertz CT molecular complexity index is 361. The summed E-state index contributed by atoms with van der Waals surface area (Å²) in [5, 5.41) is 0.355. The second kappa shape index (κ2) is 8.47. The van der Waals surface area contributed by atoms with Gasteiger partial charge in [-0.3, -0.25) is 4.21 Å². The van der Waals surface area contributed by atoms with E-state index >= 15 is 0 Å². The molecule has 0 heterocycles. The summed E-state index contributed by atoms with van der Waals surface area (Å²) in [6.45, 7) is 0.690. The van der Waals surface area contributed by atoms with E-state index < -0.39 is 11.1 Å². The van der Waals surface area contributed by atoms with E-state index in [-0.39, 0.29) is 40.2 Å². The zero-order chi connectivity index (χ0) is 11.3. The zero-order valence-corrected chi connectivity index (χ0v) is 12.6. The van der Waals surface area contributed by atoms with Crippen LogP contribution in [0.4, 0.5) is 0 Å². The van der Waals surface area contributed by atoms with Crippen molar-refractivity contribution in [2.24, 2.45) is 0 Å². The molecule has 0 aliphatic heterocycles. The molecule has 0 N–H and O–H groups in total. The molecule has 0 radical (unpaired) electrons. The maximum Gasteiger partial charge on any atom is 1.00 e. The van der Waals surface area contributed by atoms with Crippen LogP contribution in [0.2, 0.25) is 5.02 Å². The molecule has 0 aromatic heterocycles. The van der Waals surface area contributed by atoms with Crippen molar-refractivity contribution in [1.29, 1.82) is 0 Å². The van der Waals surface area contributed by atoms with E-state index in [1.165, 1.54) is 19.2 Å². The van der Waals surface area contributed by atoms with Crippen molar-refractivity contribution in [3.05, 3.63) is 23.2 Å². The zero-order valence-electron chi connectivity index (χ0n) is 9.07. The first-order chi connectivity index (χ1) is 7.15. The molecule has 1 aromatic rings. The van der Waals surface area contributed by atoms with E-state index in [0.717, 1.165) is 0 Å². The number of ether oxygens (including phenoxy) is 2. The van der Waals surface area contributed by atoms with Crippen LogP contribution >= 0.6 is 11.6 Å². The fourth-order valence-corrected chi connectivity index (χ4v) is 1.72. The van der Waals surface area contributed by atoms with Gasteiger partial charge in [-0.25, -0.2) is 0 Å². The molecule has 0 aliphatic carbocycles. The molecule has 7 heteroatoms. The maximum absolute atomic E-state index is 10.8. The van der Waals surface area contributed by atoms with E-state index in [0.29, 0.717) is 18.2 Å². The van der Waals surface area contributed by atoms with Crippen LogP contribution in [0, 0.1) is 0 Å². The predicted molar refractivity (Wildman–Crippen MR) is 56.0 cm³/mol. The van der Waals surface area contributed by atoms with Crippen molar-refractivity contribution in [3.63, 3.8) is 0 Å². The smallest absolute Gasteiger partial charge is 0.768 e. The molecule has 0 spiro atoms. The van der Waals surface area contributed by atoms with Crippen molar-refractivity contribution in [1.82, 2.24) is 0 Å². The Kier molecular flexibility index (Phi) is 8.67. The number of hydrogen-bond acceptors (Lipinski definition) is 4. The maximum atomic E-state index is 10.8. The van der Waals surface area contributed by atoms with Crippen LogP contribution in [0.25, 0.3) is 0 Å². The summed E-state index contributed by atoms with van der Waals surface area (Å²) in [4.78, 5) is 0.0543. The van der Waals surface area contributed by atoms with Crippen LogP contribution in [-0.2, 0) is 15.8 Å². The number of methoxy groups -OCH3 is 1. The molecule has 16 heavy (non-hydrogen) atoms. The number of hydrogen-bond donors (Lipinski definition) is 0. The van der Waals surface area contributed by atoms with E-state index in [1.54, 1.807) is 6.07 Å². The van der Waals surface area contributed by atoms with Crippen molar-refractivity contribution < 1.29 is 47.8 Å². The third-order valence-corrected chi connectivity index (χ3v) is 2.54. The van der Waals surface area contributed by atoms with Crippen molar-refractivity contribution >= 4 is 22.7 Å². The largest absolute Gasteiger partial charge is 1.00 e. The van der Waals surface area contributed by atoms with Gasteiger partial charge in [0, 0.05) is 12.1 Å². The van der Waals surface area contributed by atoms with Gasteiger partial charge >= 0.3 is 29.6 Å². The third-order valence-electron chi connectivity index (χ3n) is 1.63. The molecule has 0 saturated heterocycles. The molecule has 0 aliphatic rings. The summed E-state index contributed by atoms with van der Waals surface area (Å²) in [5.41, 5.74) is 0. The topological polar surface area (TPSA) is 58.6 Å². The van der Waals surface area contributed by atoms with Crippen LogP contribution in [0.5, 0.6) is 5.75 Å². The Morgan fingerprint density at radius 2 is 2.12 bits per heavy atom. The van der Waals surface area contributed by atoms with E-state index in [2.05, 4.69) is 0 Å².